The molecule has 10 rings (SSSR count). The summed E-state index contributed by atoms with van der Waals surface area (Å²) < 4.78 is 139. The molecule has 4 nitrogen and oxygen atoms in total. The maximum Gasteiger partial charge on any atom is 0.148 e. The van der Waals surface area contributed by atoms with Gasteiger partial charge >= 0.3 is 0 Å². The van der Waals surface area contributed by atoms with Crippen LogP contribution in [0.3, 0.4) is 0 Å². The van der Waals surface area contributed by atoms with Crippen molar-refractivity contribution >= 4 is 11.0 Å². The van der Waals surface area contributed by atoms with E-state index < -0.39 is 62.6 Å². The van der Waals surface area contributed by atoms with Gasteiger partial charge in [0.05, 0.1) is 27.8 Å². The minimum Gasteiger partial charge on any atom is -0.507 e. The molecule has 0 radical (unpaired) electrons. The third-order valence-corrected chi connectivity index (χ3v) is 11.5. The summed E-state index contributed by atoms with van der Waals surface area (Å²) >= 11 is 0. The number of imidazole rings is 1. The van der Waals surface area contributed by atoms with Crippen LogP contribution < -0.4 is 0 Å². The Morgan fingerprint density at radius 2 is 1.24 bits per heavy atom. The first-order valence-corrected chi connectivity index (χ1v) is 21.0. The van der Waals surface area contributed by atoms with Crippen molar-refractivity contribution in [3.05, 3.63) is 216 Å². The number of rotatable bonds is 8. The van der Waals surface area contributed by atoms with Crippen LogP contribution in [0.1, 0.15) is 64.7 Å². The topological polar surface area (TPSA) is 50.9 Å². The molecule has 2 heterocycles. The molecule has 66 heavy (non-hydrogen) atoms. The average Bonchev–Trinajstić information content (AvgIpc) is 1.92. The summed E-state index contributed by atoms with van der Waals surface area (Å²) in [6, 6.07) is 47.4. The van der Waals surface area contributed by atoms with Gasteiger partial charge in [0.1, 0.15) is 11.6 Å². The normalized spacial score (nSPS) is 15.7. The average molecular weight is 1050 g/mol. The van der Waals surface area contributed by atoms with Gasteiger partial charge in [0, 0.05) is 55.0 Å². The quantitative estimate of drug-likeness (QED) is 0.154. The molecule has 1 N–H and O–H groups in total. The van der Waals surface area contributed by atoms with Gasteiger partial charge in [-0.15, -0.1) is 23.8 Å². The van der Waals surface area contributed by atoms with Crippen LogP contribution in [0.25, 0.3) is 95.0 Å². The van der Waals surface area contributed by atoms with Crippen LogP contribution in [0.15, 0.2) is 188 Å². The monoisotopic (exact) mass is 1050 g/mol. The number of fused-ring (bicyclic) bond motifs is 1. The third-order valence-electron chi connectivity index (χ3n) is 11.5. The fourth-order valence-corrected chi connectivity index (χ4v) is 8.38. The molecule has 0 atom stereocenters. The first-order chi connectivity index (χ1) is 38.1. The van der Waals surface area contributed by atoms with Crippen LogP contribution in [0, 0.1) is 26.8 Å². The molecule has 10 aromatic rings. The van der Waals surface area contributed by atoms with Gasteiger partial charge in [0.15, 0.2) is 0 Å². The first-order valence-electron chi connectivity index (χ1n) is 29.0. The Bertz CT molecular complexity index is 4020. The van der Waals surface area contributed by atoms with E-state index in [0.717, 1.165) is 16.7 Å². The second-order valence-electron chi connectivity index (χ2n) is 16.1. The van der Waals surface area contributed by atoms with Gasteiger partial charge in [-0.3, -0.25) is 9.55 Å². The zero-order valence-electron chi connectivity index (χ0n) is 51.7. The number of hydrogen-bond donors (Lipinski definition) is 1. The Hall–Kier alpha value is -7.13. The largest absolute Gasteiger partial charge is 0.507 e. The smallest absolute Gasteiger partial charge is 0.148 e. The van der Waals surface area contributed by atoms with Crippen molar-refractivity contribution in [3.63, 3.8) is 0 Å². The molecule has 0 saturated heterocycles. The third kappa shape index (κ3) is 8.46. The van der Waals surface area contributed by atoms with E-state index in [1.165, 1.54) is 18.3 Å². The summed E-state index contributed by atoms with van der Waals surface area (Å²) in [6.45, 7) is -10.3. The summed E-state index contributed by atoms with van der Waals surface area (Å²) in [5, 5.41) is 12.0. The molecule has 0 spiro atoms. The van der Waals surface area contributed by atoms with Crippen molar-refractivity contribution in [2.24, 2.45) is 0 Å². The maximum atomic E-state index is 12.0. The van der Waals surface area contributed by atoms with Crippen LogP contribution >= 0.6 is 0 Å². The number of aryl methyl sites for hydroxylation is 3. The Morgan fingerprint density at radius 1 is 0.576 bits per heavy atom. The molecule has 0 aliphatic heterocycles. The van der Waals surface area contributed by atoms with Crippen LogP contribution in [-0.4, -0.2) is 19.6 Å². The summed E-state index contributed by atoms with van der Waals surface area (Å²) in [6.07, 6.45) is 1.38. The van der Waals surface area contributed by atoms with Crippen molar-refractivity contribution in [1.29, 1.82) is 0 Å². The number of aromatic nitrogens is 3. The van der Waals surface area contributed by atoms with Crippen molar-refractivity contribution in [3.8, 4) is 89.7 Å². The standard InChI is InChI=1S/C61H50N3O.Pt/c1-39-31-41(3)59(65)54(32-39)60-63-58-51(23-16-24-56(58)64(60)57-38-52(44-19-12-8-13-20-44)40(2)33-53(57)45-21-14-9-15-22-45)48-34-47(42-17-10-7-11-18-42)35-49(36-48)55-37-46(29-30-62-55)43-25-27-50(28-26-43)61(4,5)6;/h7-35,37-38,65H,1-6H3;/q-1;/i2D3,4D3,5D3,6D3,25D,26D,27D,28D;. The van der Waals surface area contributed by atoms with E-state index >= 15 is 0 Å². The summed E-state index contributed by atoms with van der Waals surface area (Å²) in [7, 11) is 0. The number of phenols is 1. The molecular formula is C61H50N3OPt-. The molecule has 326 valence electrons. The molecule has 0 unspecified atom stereocenters. The SMILES string of the molecule is [2H]c1c([2H])c(C(C([2H])([2H])[2H])(C([2H])([2H])[2H])C([2H])([2H])[2H])c([2H])c([2H])c1-c1ccnc(-c2[c-]c(-c3cccc4c3nc(-c3cc(C)cc(C)c3O)n4-c3cc(-c4ccccc4)c(C([2H])([2H])[2H])cc3-c3ccccc3)cc(-c3ccccc3)c2)c1.[Pt]. The van der Waals surface area contributed by atoms with Gasteiger partial charge in [-0.2, -0.15) is 0 Å². The fraction of sp³-hybridized carbons (Fsp3) is 0.115. The molecule has 0 saturated carbocycles. The van der Waals surface area contributed by atoms with Gasteiger partial charge in [-0.25, -0.2) is 4.98 Å². The van der Waals surface area contributed by atoms with E-state index in [9.17, 15) is 5.11 Å². The number of phenolic OH excluding ortho intramolecular Hbond substituents is 1. The van der Waals surface area contributed by atoms with Crippen molar-refractivity contribution in [2.75, 3.05) is 0 Å². The van der Waals surface area contributed by atoms with E-state index in [0.29, 0.717) is 72.6 Å². The van der Waals surface area contributed by atoms with Gasteiger partial charge in [0.25, 0.3) is 0 Å². The number of aromatic hydroxyl groups is 1. The van der Waals surface area contributed by atoms with E-state index in [1.54, 1.807) is 13.0 Å². The molecule has 5 heteroatoms. The maximum absolute atomic E-state index is 12.0. The summed E-state index contributed by atoms with van der Waals surface area (Å²) in [5.74, 6) is 0.351. The van der Waals surface area contributed by atoms with Crippen molar-refractivity contribution in [2.45, 2.75) is 46.7 Å². The Morgan fingerprint density at radius 3 is 1.92 bits per heavy atom. The van der Waals surface area contributed by atoms with E-state index in [2.05, 4.69) is 11.1 Å². The minimum atomic E-state index is -3.84. The molecule has 0 amide bonds. The summed E-state index contributed by atoms with van der Waals surface area (Å²) in [4.78, 5) is 10.1. The second kappa shape index (κ2) is 18.0. The van der Waals surface area contributed by atoms with Crippen LogP contribution in [0.4, 0.5) is 0 Å². The minimum absolute atomic E-state index is 0. The van der Waals surface area contributed by atoms with Gasteiger partial charge < -0.3 is 5.11 Å². The number of hydrogen-bond acceptors (Lipinski definition) is 3. The van der Waals surface area contributed by atoms with Gasteiger partial charge in [-0.1, -0.05) is 177 Å². The number of benzene rings is 8. The fourth-order valence-electron chi connectivity index (χ4n) is 8.38. The van der Waals surface area contributed by atoms with Crippen molar-refractivity contribution in [1.82, 2.24) is 14.5 Å². The Balaban J connectivity index is 0.00000810. The zero-order valence-corrected chi connectivity index (χ0v) is 38.0. The molecular weight excluding hydrogens is 986 g/mol. The number of para-hydroxylation sites is 1. The molecule has 2 aromatic heterocycles. The van der Waals surface area contributed by atoms with E-state index in [1.807, 2.05) is 151 Å². The number of nitrogens with zero attached hydrogens (tertiary/aromatic N) is 3. The molecule has 0 aliphatic carbocycles. The molecule has 0 aliphatic rings. The Labute approximate surface area is 425 Å². The van der Waals surface area contributed by atoms with E-state index in [4.69, 9.17) is 26.9 Å². The van der Waals surface area contributed by atoms with Crippen molar-refractivity contribution < 1.29 is 48.1 Å². The number of pyridine rings is 1. The second-order valence-corrected chi connectivity index (χ2v) is 16.1. The zero-order chi connectivity index (χ0) is 58.3. The van der Waals surface area contributed by atoms with Crippen LogP contribution in [0.2, 0.25) is 0 Å². The molecule has 0 bridgehead atoms. The van der Waals surface area contributed by atoms with Gasteiger partial charge in [-0.05, 0) is 112 Å². The predicted molar refractivity (Wildman–Crippen MR) is 270 cm³/mol. The van der Waals surface area contributed by atoms with Crippen LogP contribution in [0.5, 0.6) is 5.75 Å². The van der Waals surface area contributed by atoms with E-state index in [-0.39, 0.29) is 49.2 Å². The van der Waals surface area contributed by atoms with Crippen LogP contribution in [-0.2, 0) is 26.5 Å². The van der Waals surface area contributed by atoms with Gasteiger partial charge in [0.2, 0.25) is 0 Å². The first kappa shape index (κ1) is 28.7. The predicted octanol–water partition coefficient (Wildman–Crippen LogP) is 15.8. The Kier molecular flexibility index (Phi) is 7.84. The summed E-state index contributed by atoms with van der Waals surface area (Å²) in [5.41, 5.74) is 4.04. The molecule has 8 aromatic carbocycles. The molecule has 0 fully saturated rings.